The Bertz CT molecular complexity index is 786. The molecule has 4 atom stereocenters. The average molecular weight is 436 g/mol. The van der Waals surface area contributed by atoms with Gasteiger partial charge in [0, 0.05) is 0 Å². The zero-order valence-electron chi connectivity index (χ0n) is 18.3. The summed E-state index contributed by atoms with van der Waals surface area (Å²) < 4.78 is 0. The summed E-state index contributed by atoms with van der Waals surface area (Å²) in [7, 11) is 0. The molecule has 1 aliphatic rings. The molecule has 1 aromatic rings. The van der Waals surface area contributed by atoms with Crippen LogP contribution in [0.15, 0.2) is 36.4 Å². The van der Waals surface area contributed by atoms with E-state index in [9.17, 15) is 20.2 Å². The minimum absolute atomic E-state index is 0.103. The van der Waals surface area contributed by atoms with Crippen molar-refractivity contribution in [2.24, 2.45) is 17.6 Å². The third-order valence-corrected chi connectivity index (χ3v) is 6.37. The van der Waals surface area contributed by atoms with E-state index >= 15 is 0 Å². The van der Waals surface area contributed by atoms with Crippen molar-refractivity contribution < 1.29 is 19.8 Å². The third-order valence-electron chi connectivity index (χ3n) is 6.37. The lowest BCUT2D eigenvalue weighted by molar-refractivity contribution is -0.790. The normalized spacial score (nSPS) is 21.7. The van der Waals surface area contributed by atoms with Crippen LogP contribution in [-0.2, 0) is 21.5 Å². The third kappa shape index (κ3) is 7.20. The van der Waals surface area contributed by atoms with Crippen LogP contribution in [0.4, 0.5) is 0 Å². The predicted molar refractivity (Wildman–Crippen MR) is 116 cm³/mol. The first-order chi connectivity index (χ1) is 14.6. The minimum atomic E-state index is -1.01. The van der Waals surface area contributed by atoms with Crippen molar-refractivity contribution >= 4 is 0 Å². The molecule has 1 aromatic carbocycles. The van der Waals surface area contributed by atoms with Crippen LogP contribution >= 0.6 is 0 Å². The molecule has 2 N–H and O–H groups in total. The van der Waals surface area contributed by atoms with Crippen LogP contribution in [-0.4, -0.2) is 29.4 Å². The van der Waals surface area contributed by atoms with Crippen molar-refractivity contribution in [3.63, 3.8) is 0 Å². The summed E-state index contributed by atoms with van der Waals surface area (Å²) in [6, 6.07) is 8.17. The highest BCUT2D eigenvalue weighted by Gasteiger charge is 2.38. The van der Waals surface area contributed by atoms with E-state index in [0.717, 1.165) is 31.2 Å². The highest BCUT2D eigenvalue weighted by molar-refractivity contribution is 5.32. The van der Waals surface area contributed by atoms with Crippen molar-refractivity contribution in [2.45, 2.75) is 63.9 Å². The topological polar surface area (TPSA) is 131 Å². The van der Waals surface area contributed by atoms with Gasteiger partial charge in [-0.25, -0.2) is 0 Å². The molecule has 0 radical (unpaired) electrons. The predicted octanol–water partition coefficient (Wildman–Crippen LogP) is 4.00. The molecule has 0 spiro atoms. The van der Waals surface area contributed by atoms with Crippen LogP contribution in [0.2, 0.25) is 0 Å². The van der Waals surface area contributed by atoms with E-state index < -0.39 is 22.9 Å². The summed E-state index contributed by atoms with van der Waals surface area (Å²) in [6.45, 7) is 8.86. The number of aryl methyl sites for hydroxylation is 1. The first kappa shape index (κ1) is 24.6. The first-order valence-corrected chi connectivity index (χ1v) is 10.7. The van der Waals surface area contributed by atoms with E-state index in [1.54, 1.807) is 0 Å². The van der Waals surface area contributed by atoms with Crippen LogP contribution < -0.4 is 5.73 Å². The molecule has 2 rings (SSSR count). The van der Waals surface area contributed by atoms with Crippen molar-refractivity contribution in [3.05, 3.63) is 67.8 Å². The second-order valence-corrected chi connectivity index (χ2v) is 8.86. The molecule has 9 nitrogen and oxygen atoms in total. The molecule has 4 unspecified atom stereocenters. The van der Waals surface area contributed by atoms with Gasteiger partial charge in [0.1, 0.15) is 12.7 Å². The van der Waals surface area contributed by atoms with Gasteiger partial charge in [-0.05, 0) is 73.4 Å². The van der Waals surface area contributed by atoms with E-state index in [0.29, 0.717) is 24.8 Å². The Labute approximate surface area is 182 Å². The molecule has 0 aromatic heterocycles. The van der Waals surface area contributed by atoms with Gasteiger partial charge in [-0.3, -0.25) is 0 Å². The van der Waals surface area contributed by atoms with Crippen LogP contribution in [0.1, 0.15) is 57.1 Å². The van der Waals surface area contributed by atoms with Crippen molar-refractivity contribution in [1.82, 2.24) is 0 Å². The number of rotatable bonds is 12. The fraction of sp³-hybridized carbons (Fsp3) is 0.636. The van der Waals surface area contributed by atoms with E-state index in [2.05, 4.69) is 42.2 Å². The summed E-state index contributed by atoms with van der Waals surface area (Å²) in [4.78, 5) is 29.9. The van der Waals surface area contributed by atoms with Gasteiger partial charge in [-0.2, -0.15) is 0 Å². The van der Waals surface area contributed by atoms with Crippen LogP contribution in [0.5, 0.6) is 0 Å². The molecule has 1 saturated carbocycles. The smallest absolute Gasteiger partial charge is 0.294 e. The maximum Gasteiger partial charge on any atom is 0.294 e. The molecule has 0 bridgehead atoms. The quantitative estimate of drug-likeness (QED) is 0.298. The number of allylic oxidation sites excluding steroid dienone is 1. The van der Waals surface area contributed by atoms with E-state index in [4.69, 9.17) is 5.73 Å². The molecule has 0 amide bonds. The van der Waals surface area contributed by atoms with Gasteiger partial charge >= 0.3 is 0 Å². The average Bonchev–Trinajstić information content (AvgIpc) is 2.69. The van der Waals surface area contributed by atoms with E-state index in [-0.39, 0.29) is 11.8 Å². The summed E-state index contributed by atoms with van der Waals surface area (Å²) in [5.41, 5.74) is 9.36. The molecule has 9 heteroatoms. The Morgan fingerprint density at radius 2 is 2.03 bits per heavy atom. The van der Waals surface area contributed by atoms with Gasteiger partial charge in [0.05, 0.1) is 0 Å². The van der Waals surface area contributed by atoms with Gasteiger partial charge in [0.15, 0.2) is 0 Å². The van der Waals surface area contributed by atoms with Gasteiger partial charge in [-0.15, -0.1) is 20.2 Å². The maximum atomic E-state index is 10.7. The zero-order valence-corrected chi connectivity index (χ0v) is 18.3. The molecule has 0 heterocycles. The fourth-order valence-electron chi connectivity index (χ4n) is 4.79. The lowest BCUT2D eigenvalue weighted by atomic mass is 9.62. The molecule has 1 aliphatic carbocycles. The summed E-state index contributed by atoms with van der Waals surface area (Å²) in [6.07, 6.45) is 3.72. The highest BCUT2D eigenvalue weighted by Crippen LogP contribution is 2.46. The SMILES string of the molecule is C=C1CC(C)CC(C(C)(CCN)c2cccc(CCC(CO[N+](=O)[O-])O[N+](=O)[O-])c2)C1. The van der Waals surface area contributed by atoms with E-state index in [1.165, 1.54) is 11.1 Å². The Morgan fingerprint density at radius 1 is 1.29 bits per heavy atom. The molecule has 1 fully saturated rings. The Kier molecular flexibility index (Phi) is 8.79. The van der Waals surface area contributed by atoms with Crippen molar-refractivity contribution in [1.29, 1.82) is 0 Å². The Morgan fingerprint density at radius 3 is 2.65 bits per heavy atom. The fourth-order valence-corrected chi connectivity index (χ4v) is 4.79. The van der Waals surface area contributed by atoms with Gasteiger partial charge in [-0.1, -0.05) is 50.3 Å². The molecular weight excluding hydrogens is 402 g/mol. The van der Waals surface area contributed by atoms with Crippen molar-refractivity contribution in [3.8, 4) is 0 Å². The van der Waals surface area contributed by atoms with Crippen LogP contribution in [0.3, 0.4) is 0 Å². The minimum Gasteiger partial charge on any atom is -0.330 e. The molecule has 172 valence electrons. The van der Waals surface area contributed by atoms with Gasteiger partial charge < -0.3 is 15.4 Å². The number of nitrogens with two attached hydrogens (primary N) is 1. The largest absolute Gasteiger partial charge is 0.330 e. The number of benzene rings is 1. The van der Waals surface area contributed by atoms with Gasteiger partial charge in [0.25, 0.3) is 10.2 Å². The lowest BCUT2D eigenvalue weighted by Crippen LogP contribution is -2.37. The zero-order chi connectivity index (χ0) is 23.0. The molecule has 0 saturated heterocycles. The standard InChI is InChI=1S/C22H33N3O6/c1-16-11-17(2)13-20(12-16)22(3,9-10-23)19-6-4-5-18(14-19)7-8-21(31-25(28)29)15-30-24(26)27/h4-6,14,17,20-21H,1,7-13,15,23H2,2-3H3. The van der Waals surface area contributed by atoms with Crippen LogP contribution in [0, 0.1) is 32.1 Å². The second-order valence-electron chi connectivity index (χ2n) is 8.86. The number of nitrogens with zero attached hydrogens (tertiary/aromatic N) is 2. The van der Waals surface area contributed by atoms with Crippen LogP contribution in [0.25, 0.3) is 0 Å². The number of hydrogen-bond acceptors (Lipinski definition) is 7. The molecular formula is C22H33N3O6. The Hall–Kier alpha value is -2.68. The first-order valence-electron chi connectivity index (χ1n) is 10.7. The Balaban J connectivity index is 2.17. The maximum absolute atomic E-state index is 10.7. The monoisotopic (exact) mass is 435 g/mol. The molecule has 31 heavy (non-hydrogen) atoms. The van der Waals surface area contributed by atoms with Crippen molar-refractivity contribution in [2.75, 3.05) is 13.2 Å². The summed E-state index contributed by atoms with van der Waals surface area (Å²) in [5, 5.41) is 19.2. The lowest BCUT2D eigenvalue weighted by Gasteiger charge is -2.43. The summed E-state index contributed by atoms with van der Waals surface area (Å²) >= 11 is 0. The highest BCUT2D eigenvalue weighted by atomic mass is 17.0. The second kappa shape index (κ2) is 11.1. The van der Waals surface area contributed by atoms with Gasteiger partial charge in [0.2, 0.25) is 0 Å². The molecule has 0 aliphatic heterocycles. The summed E-state index contributed by atoms with van der Waals surface area (Å²) in [5.74, 6) is 1.04. The number of hydrogen-bond donors (Lipinski definition) is 1. The van der Waals surface area contributed by atoms with E-state index in [1.807, 2.05) is 12.1 Å².